The zero-order valence-electron chi connectivity index (χ0n) is 18.9. The van der Waals surface area contributed by atoms with Crippen LogP contribution in [0, 0.1) is 18.8 Å². The second-order valence-electron chi connectivity index (χ2n) is 9.39. The summed E-state index contributed by atoms with van der Waals surface area (Å²) in [6.07, 6.45) is 0.351. The van der Waals surface area contributed by atoms with Crippen LogP contribution < -0.4 is 16.4 Å². The molecule has 5 rings (SSSR count). The number of nitrogens with zero attached hydrogens (tertiary/aromatic N) is 1. The second-order valence-corrected chi connectivity index (χ2v) is 9.80. The van der Waals surface area contributed by atoms with Crippen LogP contribution in [0.5, 0.6) is 0 Å². The van der Waals surface area contributed by atoms with Crippen LogP contribution in [0.3, 0.4) is 0 Å². The fraction of sp³-hybridized carbons (Fsp3) is 0.360. The Morgan fingerprint density at radius 1 is 1.18 bits per heavy atom. The van der Waals surface area contributed by atoms with Crippen molar-refractivity contribution < 1.29 is 24.5 Å². The van der Waals surface area contributed by atoms with E-state index in [4.69, 9.17) is 17.3 Å². The van der Waals surface area contributed by atoms with Crippen LogP contribution >= 0.6 is 11.6 Å². The molecule has 0 aromatic heterocycles. The van der Waals surface area contributed by atoms with E-state index in [9.17, 15) is 19.2 Å². The number of hydrogen-bond acceptors (Lipinski definition) is 4. The Hall–Kier alpha value is -3.23. The van der Waals surface area contributed by atoms with E-state index in [1.165, 1.54) is 4.90 Å². The second kappa shape index (κ2) is 7.92. The molecule has 3 aliphatic rings. The molecule has 2 aromatic carbocycles. The molecular weight excluding hydrogens is 456 g/mol. The molecule has 8 nitrogen and oxygen atoms in total. The van der Waals surface area contributed by atoms with Crippen molar-refractivity contribution in [2.24, 2.45) is 17.6 Å². The van der Waals surface area contributed by atoms with Gasteiger partial charge >= 0.3 is 0 Å². The number of rotatable bonds is 5. The van der Waals surface area contributed by atoms with Crippen LogP contribution in [0.25, 0.3) is 0 Å². The SMILES string of the molecule is Cc1c(Cl)ccc2c1NC(=O)[C@@]21[NH2+][C@H](CCC(N)=O)[C@H]2C(=O)N([C@H](C)c3ccccc3)C(=O)[C@H]21. The summed E-state index contributed by atoms with van der Waals surface area (Å²) >= 11 is 6.30. The number of primary amides is 1. The molecule has 0 bridgehead atoms. The van der Waals surface area contributed by atoms with Crippen LogP contribution in [-0.4, -0.2) is 34.6 Å². The van der Waals surface area contributed by atoms with Gasteiger partial charge in [0, 0.05) is 23.4 Å². The van der Waals surface area contributed by atoms with Crippen molar-refractivity contribution in [3.63, 3.8) is 0 Å². The standard InChI is InChI=1S/C25H25ClN4O4/c1-12-16(26)9-8-15-21(12)28-24(34)25(15)20-19(17(29-25)10-11-18(27)31)22(32)30(23(20)33)13(2)14-6-4-3-5-7-14/h3-9,13,17,19-20,29H,10-11H2,1-2H3,(H2,27,31)(H,28,34)/p+1/t13-,17-,19-,20+,25-/m1/s1. The third kappa shape index (κ3) is 3.02. The smallest absolute Gasteiger partial charge is 0.291 e. The molecule has 0 aliphatic carbocycles. The van der Waals surface area contributed by atoms with E-state index in [-0.39, 0.29) is 24.1 Å². The van der Waals surface area contributed by atoms with Gasteiger partial charge in [-0.05, 0) is 37.1 Å². The monoisotopic (exact) mass is 481 g/mol. The van der Waals surface area contributed by atoms with Gasteiger partial charge < -0.3 is 16.4 Å². The van der Waals surface area contributed by atoms with E-state index in [0.717, 1.165) is 5.56 Å². The summed E-state index contributed by atoms with van der Waals surface area (Å²) in [7, 11) is 0. The predicted octanol–water partition coefficient (Wildman–Crippen LogP) is 1.37. The normalized spacial score (nSPS) is 28.3. The lowest BCUT2D eigenvalue weighted by Gasteiger charge is -2.29. The highest BCUT2D eigenvalue weighted by Gasteiger charge is 2.74. The molecule has 2 aromatic rings. The number of quaternary nitrogens is 1. The first-order chi connectivity index (χ1) is 16.2. The van der Waals surface area contributed by atoms with E-state index in [0.29, 0.717) is 28.3 Å². The Morgan fingerprint density at radius 2 is 1.88 bits per heavy atom. The van der Waals surface area contributed by atoms with Gasteiger partial charge in [0.05, 0.1) is 11.7 Å². The van der Waals surface area contributed by atoms with Crippen LogP contribution in [-0.2, 0) is 24.7 Å². The number of amides is 4. The number of fused-ring (bicyclic) bond motifs is 4. The quantitative estimate of drug-likeness (QED) is 0.557. The maximum Gasteiger partial charge on any atom is 0.291 e. The third-order valence-corrected chi connectivity index (χ3v) is 8.08. The van der Waals surface area contributed by atoms with Crippen molar-refractivity contribution >= 4 is 40.9 Å². The summed E-state index contributed by atoms with van der Waals surface area (Å²) < 4.78 is 0. The Kier molecular flexibility index (Phi) is 5.26. The number of nitrogens with one attached hydrogen (secondary N) is 1. The molecule has 9 heteroatoms. The molecule has 0 saturated carbocycles. The Labute approximate surface area is 201 Å². The van der Waals surface area contributed by atoms with Gasteiger partial charge in [-0.15, -0.1) is 0 Å². The lowest BCUT2D eigenvalue weighted by Crippen LogP contribution is -2.99. The highest BCUT2D eigenvalue weighted by molar-refractivity contribution is 6.32. The minimum atomic E-state index is -1.31. The van der Waals surface area contributed by atoms with Crippen LogP contribution in [0.4, 0.5) is 5.69 Å². The molecule has 34 heavy (non-hydrogen) atoms. The van der Waals surface area contributed by atoms with Crippen molar-refractivity contribution in [3.8, 4) is 0 Å². The van der Waals surface area contributed by atoms with Gasteiger partial charge in [0.15, 0.2) is 0 Å². The number of likely N-dealkylation sites (tertiary alicyclic amines) is 1. The molecule has 3 heterocycles. The zero-order chi connectivity index (χ0) is 24.4. The Bertz CT molecular complexity index is 1230. The first-order valence-electron chi connectivity index (χ1n) is 11.4. The highest BCUT2D eigenvalue weighted by atomic mass is 35.5. The maximum atomic E-state index is 14.0. The first-order valence-corrected chi connectivity index (χ1v) is 11.7. The molecular formula is C25H26ClN4O4+. The number of anilines is 1. The van der Waals surface area contributed by atoms with E-state index in [1.807, 2.05) is 44.2 Å². The molecule has 4 amide bonds. The summed E-state index contributed by atoms with van der Waals surface area (Å²) in [5, 5.41) is 5.23. The van der Waals surface area contributed by atoms with Gasteiger partial charge in [-0.3, -0.25) is 24.1 Å². The largest absolute Gasteiger partial charge is 0.370 e. The van der Waals surface area contributed by atoms with E-state index < -0.39 is 35.4 Å². The summed E-state index contributed by atoms with van der Waals surface area (Å²) in [6.45, 7) is 3.62. The zero-order valence-corrected chi connectivity index (χ0v) is 19.6. The third-order valence-electron chi connectivity index (χ3n) is 7.67. The van der Waals surface area contributed by atoms with Crippen LogP contribution in [0.2, 0.25) is 5.02 Å². The maximum absolute atomic E-state index is 14.0. The predicted molar refractivity (Wildman–Crippen MR) is 124 cm³/mol. The summed E-state index contributed by atoms with van der Waals surface area (Å²) in [6, 6.07) is 11.9. The summed E-state index contributed by atoms with van der Waals surface area (Å²) in [5.41, 5.74) is 6.85. The minimum absolute atomic E-state index is 0.0598. The molecule has 2 saturated heterocycles. The number of benzene rings is 2. The van der Waals surface area contributed by atoms with Crippen molar-refractivity contribution in [2.45, 2.75) is 44.3 Å². The van der Waals surface area contributed by atoms with E-state index >= 15 is 0 Å². The highest BCUT2D eigenvalue weighted by Crippen LogP contribution is 2.52. The van der Waals surface area contributed by atoms with Crippen molar-refractivity contribution in [1.29, 1.82) is 0 Å². The summed E-state index contributed by atoms with van der Waals surface area (Å²) in [4.78, 5) is 54.2. The van der Waals surface area contributed by atoms with Gasteiger partial charge in [0.2, 0.25) is 23.3 Å². The fourth-order valence-electron chi connectivity index (χ4n) is 6.01. The van der Waals surface area contributed by atoms with Crippen molar-refractivity contribution in [1.82, 2.24) is 4.90 Å². The van der Waals surface area contributed by atoms with Gasteiger partial charge in [-0.2, -0.15) is 0 Å². The fourth-order valence-corrected chi connectivity index (χ4v) is 6.17. The summed E-state index contributed by atoms with van der Waals surface area (Å²) in [5.74, 6) is -3.17. The number of nitrogens with two attached hydrogens (primary N) is 2. The molecule has 5 atom stereocenters. The van der Waals surface area contributed by atoms with E-state index in [2.05, 4.69) is 5.32 Å². The molecule has 0 radical (unpaired) electrons. The van der Waals surface area contributed by atoms with Gasteiger partial charge in [-0.25, -0.2) is 0 Å². The average Bonchev–Trinajstić information content (AvgIpc) is 3.40. The number of hydrogen-bond donors (Lipinski definition) is 3. The van der Waals surface area contributed by atoms with Gasteiger partial charge in [0.1, 0.15) is 17.9 Å². The van der Waals surface area contributed by atoms with Gasteiger partial charge in [-0.1, -0.05) is 41.9 Å². The number of carbonyl (C=O) groups is 4. The molecule has 0 unspecified atom stereocenters. The van der Waals surface area contributed by atoms with Crippen molar-refractivity contribution in [2.75, 3.05) is 5.32 Å². The molecule has 1 spiro atoms. The van der Waals surface area contributed by atoms with Crippen molar-refractivity contribution in [3.05, 3.63) is 64.2 Å². The van der Waals surface area contributed by atoms with Crippen LogP contribution in [0.15, 0.2) is 42.5 Å². The lowest BCUT2D eigenvalue weighted by molar-refractivity contribution is -0.734. The first kappa shape index (κ1) is 22.6. The Morgan fingerprint density at radius 3 is 2.56 bits per heavy atom. The minimum Gasteiger partial charge on any atom is -0.370 e. The van der Waals surface area contributed by atoms with Crippen LogP contribution in [0.1, 0.15) is 42.5 Å². The lowest BCUT2D eigenvalue weighted by atomic mass is 9.76. The molecule has 176 valence electrons. The molecule has 5 N–H and O–H groups in total. The number of carbonyl (C=O) groups excluding carboxylic acids is 4. The van der Waals surface area contributed by atoms with E-state index in [1.54, 1.807) is 17.4 Å². The molecule has 2 fully saturated rings. The average molecular weight is 482 g/mol. The number of halogens is 1. The molecule has 3 aliphatic heterocycles. The topological polar surface area (TPSA) is 126 Å². The number of imide groups is 1. The Balaban J connectivity index is 1.63. The van der Waals surface area contributed by atoms with Gasteiger partial charge in [0.25, 0.3) is 5.91 Å².